The molecule has 318 valence electrons. The summed E-state index contributed by atoms with van der Waals surface area (Å²) in [6.45, 7) is 0. The van der Waals surface area contributed by atoms with Gasteiger partial charge in [-0.15, -0.1) is 11.3 Å². The molecule has 0 aliphatic carbocycles. The van der Waals surface area contributed by atoms with E-state index in [2.05, 4.69) is 240 Å². The average molecular weight is 885 g/mol. The number of aliphatic imine (C=N–C) groups is 2. The fourth-order valence-electron chi connectivity index (χ4n) is 10.6. The normalized spacial score (nSPS) is 14.0. The van der Waals surface area contributed by atoms with Crippen LogP contribution < -0.4 is 5.32 Å². The Kier molecular flexibility index (Phi) is 8.79. The van der Waals surface area contributed by atoms with Gasteiger partial charge in [-0.3, -0.25) is 0 Å². The Morgan fingerprint density at radius 2 is 1.03 bits per heavy atom. The maximum Gasteiger partial charge on any atom is 0.159 e. The van der Waals surface area contributed by atoms with E-state index in [1.807, 2.05) is 11.3 Å². The fourth-order valence-corrected chi connectivity index (χ4v) is 11.7. The van der Waals surface area contributed by atoms with Gasteiger partial charge in [-0.25, -0.2) is 9.98 Å². The first-order chi connectivity index (χ1) is 33.7. The smallest absolute Gasteiger partial charge is 0.159 e. The molecular formula is C63H40N4S. The van der Waals surface area contributed by atoms with Crippen LogP contribution in [0.25, 0.3) is 102 Å². The number of amidine groups is 2. The summed E-state index contributed by atoms with van der Waals surface area (Å²) < 4.78 is 5.00. The summed E-state index contributed by atoms with van der Waals surface area (Å²) in [4.78, 5) is 10.9. The molecule has 0 fully saturated rings. The highest BCUT2D eigenvalue weighted by atomic mass is 32.1. The molecule has 68 heavy (non-hydrogen) atoms. The van der Waals surface area contributed by atoms with Crippen LogP contribution in [0.15, 0.2) is 241 Å². The summed E-state index contributed by atoms with van der Waals surface area (Å²) in [5.74, 6) is 1.48. The van der Waals surface area contributed by atoms with E-state index in [9.17, 15) is 0 Å². The summed E-state index contributed by atoms with van der Waals surface area (Å²) in [7, 11) is 0. The van der Waals surface area contributed by atoms with Gasteiger partial charge in [-0.05, 0) is 109 Å². The molecule has 0 spiro atoms. The van der Waals surface area contributed by atoms with Crippen molar-refractivity contribution < 1.29 is 0 Å². The van der Waals surface area contributed by atoms with Crippen molar-refractivity contribution in [1.29, 1.82) is 0 Å². The maximum atomic E-state index is 5.57. The molecule has 0 saturated heterocycles. The van der Waals surface area contributed by atoms with E-state index in [1.54, 1.807) is 0 Å². The lowest BCUT2D eigenvalue weighted by molar-refractivity contribution is 0.676. The Morgan fingerprint density at radius 3 is 1.82 bits per heavy atom. The van der Waals surface area contributed by atoms with E-state index < -0.39 is 6.17 Å². The number of benzene rings is 11. The van der Waals surface area contributed by atoms with Crippen LogP contribution >= 0.6 is 11.3 Å². The van der Waals surface area contributed by atoms with Gasteiger partial charge >= 0.3 is 0 Å². The third-order valence-electron chi connectivity index (χ3n) is 13.8. The van der Waals surface area contributed by atoms with Crippen molar-refractivity contribution in [2.45, 2.75) is 6.17 Å². The second-order valence-corrected chi connectivity index (χ2v) is 18.8. The fraction of sp³-hybridized carbons (Fsp3) is 0.0159. The standard InChI is InChI=1S/C63H40N4S/c1-2-16-41(17-3-1)49-23-12-25-55-59(49)54-36-44-20-8-9-21-45(44)37-56(54)67(55)48-32-33-51(53(38-48)50-24-13-27-58-60(50)52-22-10-11-26-57(52)68-58)63-65-61(46-30-28-39-14-4-6-18-42(39)34-46)64-62(66-63)47-31-29-40-15-5-7-19-43(40)35-47/h1-38,63H,(H,64,65,66). The van der Waals surface area contributed by atoms with Crippen LogP contribution in [-0.4, -0.2) is 16.2 Å². The average Bonchev–Trinajstić information content (AvgIpc) is 3.95. The minimum absolute atomic E-state index is 0.466. The number of nitrogens with one attached hydrogen (secondary N) is 1. The highest BCUT2D eigenvalue weighted by Crippen LogP contribution is 2.45. The molecule has 14 rings (SSSR count). The predicted molar refractivity (Wildman–Crippen MR) is 289 cm³/mol. The van der Waals surface area contributed by atoms with Gasteiger partial charge < -0.3 is 9.88 Å². The molecule has 5 heteroatoms. The van der Waals surface area contributed by atoms with E-state index in [0.717, 1.165) is 55.6 Å². The van der Waals surface area contributed by atoms with Crippen molar-refractivity contribution >= 4 is 97.3 Å². The van der Waals surface area contributed by atoms with Gasteiger partial charge in [-0.2, -0.15) is 0 Å². The zero-order valence-electron chi connectivity index (χ0n) is 36.8. The first-order valence-electron chi connectivity index (χ1n) is 23.2. The van der Waals surface area contributed by atoms with Gasteiger partial charge in [-0.1, -0.05) is 176 Å². The third-order valence-corrected chi connectivity index (χ3v) is 14.9. The second-order valence-electron chi connectivity index (χ2n) is 17.7. The van der Waals surface area contributed by atoms with Crippen LogP contribution in [-0.2, 0) is 0 Å². The minimum atomic E-state index is -0.466. The molecule has 0 saturated carbocycles. The molecule has 4 nitrogen and oxygen atoms in total. The predicted octanol–water partition coefficient (Wildman–Crippen LogP) is 16.4. The molecule has 1 aliphatic heterocycles. The Hall–Kier alpha value is -8.64. The van der Waals surface area contributed by atoms with Crippen molar-refractivity contribution in [1.82, 2.24) is 9.88 Å². The number of fused-ring (bicyclic) bond motifs is 9. The zero-order chi connectivity index (χ0) is 44.7. The Labute approximate surface area is 396 Å². The Bertz CT molecular complexity index is 4250. The van der Waals surface area contributed by atoms with Crippen LogP contribution in [0, 0.1) is 0 Å². The summed E-state index contributed by atoms with van der Waals surface area (Å²) in [5.41, 5.74) is 11.2. The van der Waals surface area contributed by atoms with E-state index in [4.69, 9.17) is 9.98 Å². The van der Waals surface area contributed by atoms with Gasteiger partial charge in [0.2, 0.25) is 0 Å². The summed E-state index contributed by atoms with van der Waals surface area (Å²) in [6.07, 6.45) is -0.466. The lowest BCUT2D eigenvalue weighted by Gasteiger charge is -2.26. The zero-order valence-corrected chi connectivity index (χ0v) is 37.6. The van der Waals surface area contributed by atoms with Crippen molar-refractivity contribution in [3.63, 3.8) is 0 Å². The number of hydrogen-bond donors (Lipinski definition) is 1. The second kappa shape index (κ2) is 15.5. The highest BCUT2D eigenvalue weighted by molar-refractivity contribution is 7.25. The van der Waals surface area contributed by atoms with Crippen LogP contribution in [0.5, 0.6) is 0 Å². The SMILES string of the molecule is c1ccc(-c2cccc3c2c2cc4ccccc4cc2n3-c2ccc(C3N=C(c4ccc5ccccc5c4)N=C(c4ccc5ccccc5c4)N3)c(-c3cccc4sc5ccccc5c34)c2)cc1. The Balaban J connectivity index is 1.04. The molecular weight excluding hydrogens is 845 g/mol. The van der Waals surface area contributed by atoms with E-state index in [-0.39, 0.29) is 0 Å². The largest absolute Gasteiger partial charge is 0.344 e. The van der Waals surface area contributed by atoms with Crippen molar-refractivity contribution in [3.8, 4) is 27.9 Å². The third kappa shape index (κ3) is 6.28. The molecule has 1 atom stereocenters. The molecule has 2 aromatic heterocycles. The monoisotopic (exact) mass is 884 g/mol. The van der Waals surface area contributed by atoms with Crippen LogP contribution in [0.1, 0.15) is 22.9 Å². The summed E-state index contributed by atoms with van der Waals surface area (Å²) in [6, 6.07) is 83.7. The van der Waals surface area contributed by atoms with Gasteiger partial charge in [0.15, 0.2) is 5.84 Å². The van der Waals surface area contributed by atoms with Crippen LogP contribution in [0.4, 0.5) is 0 Å². The van der Waals surface area contributed by atoms with Crippen molar-refractivity contribution in [2.24, 2.45) is 9.98 Å². The van der Waals surface area contributed by atoms with Crippen molar-refractivity contribution in [2.75, 3.05) is 0 Å². The van der Waals surface area contributed by atoms with E-state index in [0.29, 0.717) is 5.84 Å². The van der Waals surface area contributed by atoms with Gasteiger partial charge in [0.05, 0.1) is 11.0 Å². The van der Waals surface area contributed by atoms with E-state index >= 15 is 0 Å². The molecule has 1 aliphatic rings. The summed E-state index contributed by atoms with van der Waals surface area (Å²) >= 11 is 1.85. The number of thiophene rings is 1. The topological polar surface area (TPSA) is 41.7 Å². The number of hydrogen-bond acceptors (Lipinski definition) is 4. The number of nitrogens with zero attached hydrogens (tertiary/aromatic N) is 3. The molecule has 0 radical (unpaired) electrons. The molecule has 11 aromatic carbocycles. The summed E-state index contributed by atoms with van der Waals surface area (Å²) in [5, 5.41) is 16.0. The molecule has 1 N–H and O–H groups in total. The molecule has 3 heterocycles. The molecule has 13 aromatic rings. The van der Waals surface area contributed by atoms with Crippen LogP contribution in [0.3, 0.4) is 0 Å². The minimum Gasteiger partial charge on any atom is -0.344 e. The first kappa shape index (κ1) is 38.6. The van der Waals surface area contributed by atoms with Crippen molar-refractivity contribution in [3.05, 3.63) is 247 Å². The van der Waals surface area contributed by atoms with E-state index in [1.165, 1.54) is 69.2 Å². The quantitative estimate of drug-likeness (QED) is 0.178. The van der Waals surface area contributed by atoms with Gasteiger partial charge in [0, 0.05) is 53.3 Å². The molecule has 1 unspecified atom stereocenters. The lowest BCUT2D eigenvalue weighted by Crippen LogP contribution is -2.33. The molecule has 0 bridgehead atoms. The highest BCUT2D eigenvalue weighted by Gasteiger charge is 2.27. The van der Waals surface area contributed by atoms with Gasteiger partial charge in [0.25, 0.3) is 0 Å². The maximum absolute atomic E-state index is 5.57. The lowest BCUT2D eigenvalue weighted by atomic mass is 9.93. The number of aromatic nitrogens is 1. The Morgan fingerprint density at radius 1 is 0.397 bits per heavy atom. The van der Waals surface area contributed by atoms with Crippen LogP contribution in [0.2, 0.25) is 0 Å². The molecule has 0 amide bonds. The van der Waals surface area contributed by atoms with Gasteiger partial charge in [0.1, 0.15) is 12.0 Å². The number of rotatable bonds is 6. The first-order valence-corrected chi connectivity index (χ1v) is 24.0.